The van der Waals surface area contributed by atoms with Gasteiger partial charge in [0.2, 0.25) is 0 Å². The van der Waals surface area contributed by atoms with E-state index in [-0.39, 0.29) is 22.9 Å². The van der Waals surface area contributed by atoms with Crippen LogP contribution in [0.25, 0.3) is 10.6 Å². The van der Waals surface area contributed by atoms with Crippen molar-refractivity contribution >= 4 is 17.3 Å². The van der Waals surface area contributed by atoms with Crippen molar-refractivity contribution in [2.45, 2.75) is 13.8 Å². The number of nitrogens with zero attached hydrogens (tertiary/aromatic N) is 1. The van der Waals surface area contributed by atoms with Crippen molar-refractivity contribution in [1.82, 2.24) is 4.98 Å². The molecule has 0 aliphatic rings. The summed E-state index contributed by atoms with van der Waals surface area (Å²) in [5.74, 6) is -4.79. The summed E-state index contributed by atoms with van der Waals surface area (Å²) < 4.78 is 44.6. The highest BCUT2D eigenvalue weighted by atomic mass is 32.1. The number of hydrogen-bond acceptors (Lipinski definition) is 4. The van der Waals surface area contributed by atoms with E-state index in [4.69, 9.17) is 4.74 Å². The molecular weight excluding hydrogens is 291 g/mol. The third kappa shape index (κ3) is 2.53. The zero-order valence-electron chi connectivity index (χ0n) is 10.7. The molecule has 1 heterocycles. The Hall–Kier alpha value is -1.89. The highest BCUT2D eigenvalue weighted by Crippen LogP contribution is 2.31. The molecule has 1 aromatic carbocycles. The van der Waals surface area contributed by atoms with E-state index < -0.39 is 23.4 Å². The Balaban J connectivity index is 2.48. The smallest absolute Gasteiger partial charge is 0.358 e. The molecule has 0 aliphatic heterocycles. The summed E-state index contributed by atoms with van der Waals surface area (Å²) in [6.07, 6.45) is 0. The maximum absolute atomic E-state index is 13.7. The Kier molecular flexibility index (Phi) is 4.08. The van der Waals surface area contributed by atoms with Gasteiger partial charge in [-0.2, -0.15) is 0 Å². The fourth-order valence-corrected chi connectivity index (χ4v) is 2.51. The predicted octanol–water partition coefficient (Wildman–Crippen LogP) is 3.71. The van der Waals surface area contributed by atoms with E-state index in [9.17, 15) is 18.0 Å². The molecule has 2 aromatic rings. The standard InChI is InChI=1S/C13H10F3NO2S/c1-3-19-13(18)11-6(2)20-12(17-11)7-4-5-8(14)10(16)9(7)15/h4-5H,3H2,1-2H3. The first-order valence-corrected chi connectivity index (χ1v) is 6.55. The van der Waals surface area contributed by atoms with Crippen molar-refractivity contribution in [1.29, 1.82) is 0 Å². The molecule has 0 fully saturated rings. The summed E-state index contributed by atoms with van der Waals surface area (Å²) >= 11 is 1.01. The average molecular weight is 301 g/mol. The Labute approximate surface area is 117 Å². The molecule has 0 atom stereocenters. The highest BCUT2D eigenvalue weighted by Gasteiger charge is 2.21. The quantitative estimate of drug-likeness (QED) is 0.641. The lowest BCUT2D eigenvalue weighted by Gasteiger charge is -2.01. The first-order chi connectivity index (χ1) is 9.45. The molecule has 106 valence electrons. The van der Waals surface area contributed by atoms with Gasteiger partial charge < -0.3 is 4.74 Å². The van der Waals surface area contributed by atoms with Crippen molar-refractivity contribution in [3.05, 3.63) is 40.2 Å². The predicted molar refractivity (Wildman–Crippen MR) is 68.1 cm³/mol. The van der Waals surface area contributed by atoms with Gasteiger partial charge in [0.1, 0.15) is 5.01 Å². The van der Waals surface area contributed by atoms with Gasteiger partial charge in [0, 0.05) is 10.4 Å². The number of esters is 1. The number of aromatic nitrogens is 1. The summed E-state index contributed by atoms with van der Waals surface area (Å²) in [6.45, 7) is 3.45. The molecule has 2 rings (SSSR count). The van der Waals surface area contributed by atoms with Crippen LogP contribution < -0.4 is 0 Å². The van der Waals surface area contributed by atoms with Crippen LogP contribution in [0.1, 0.15) is 22.3 Å². The monoisotopic (exact) mass is 301 g/mol. The molecule has 1 aromatic heterocycles. The fraction of sp³-hybridized carbons (Fsp3) is 0.231. The van der Waals surface area contributed by atoms with Gasteiger partial charge in [0.05, 0.1) is 6.61 Å². The SMILES string of the molecule is CCOC(=O)c1nc(-c2ccc(F)c(F)c2F)sc1C. The van der Waals surface area contributed by atoms with E-state index in [0.717, 1.165) is 23.5 Å². The fourth-order valence-electron chi connectivity index (χ4n) is 1.59. The van der Waals surface area contributed by atoms with Gasteiger partial charge in [0.15, 0.2) is 23.1 Å². The van der Waals surface area contributed by atoms with Crippen molar-refractivity contribution in [3.8, 4) is 10.6 Å². The molecule has 0 spiro atoms. The number of hydrogen-bond donors (Lipinski definition) is 0. The number of rotatable bonds is 3. The molecule has 3 nitrogen and oxygen atoms in total. The Morgan fingerprint density at radius 2 is 2.00 bits per heavy atom. The second-order valence-corrected chi connectivity index (χ2v) is 5.07. The number of benzene rings is 1. The Morgan fingerprint density at radius 1 is 1.30 bits per heavy atom. The molecule has 0 radical (unpaired) electrons. The summed E-state index contributed by atoms with van der Waals surface area (Å²) in [6, 6.07) is 1.90. The molecule has 0 N–H and O–H groups in total. The van der Waals surface area contributed by atoms with Gasteiger partial charge in [-0.25, -0.2) is 22.9 Å². The molecule has 0 aliphatic carbocycles. The van der Waals surface area contributed by atoms with Gasteiger partial charge in [-0.3, -0.25) is 0 Å². The highest BCUT2D eigenvalue weighted by molar-refractivity contribution is 7.15. The molecule has 0 bridgehead atoms. The van der Waals surface area contributed by atoms with Crippen LogP contribution in [0.3, 0.4) is 0 Å². The normalized spacial score (nSPS) is 10.7. The summed E-state index contributed by atoms with van der Waals surface area (Å²) in [5.41, 5.74) is -0.136. The van der Waals surface area contributed by atoms with Gasteiger partial charge in [-0.1, -0.05) is 0 Å². The molecular formula is C13H10F3NO2S. The number of aryl methyl sites for hydroxylation is 1. The molecule has 0 amide bonds. The van der Waals surface area contributed by atoms with E-state index in [0.29, 0.717) is 4.88 Å². The van der Waals surface area contributed by atoms with E-state index in [1.165, 1.54) is 0 Å². The Bertz CT molecular complexity index is 670. The summed E-state index contributed by atoms with van der Waals surface area (Å²) in [4.78, 5) is 16.1. The molecule has 0 saturated carbocycles. The van der Waals surface area contributed by atoms with Crippen molar-refractivity contribution in [2.24, 2.45) is 0 Å². The van der Waals surface area contributed by atoms with E-state index in [1.54, 1.807) is 13.8 Å². The van der Waals surface area contributed by atoms with Crippen molar-refractivity contribution < 1.29 is 22.7 Å². The third-order valence-electron chi connectivity index (χ3n) is 2.53. The maximum Gasteiger partial charge on any atom is 0.358 e. The number of carbonyl (C=O) groups excluding carboxylic acids is 1. The molecule has 7 heteroatoms. The number of halogens is 3. The number of carbonyl (C=O) groups is 1. The zero-order chi connectivity index (χ0) is 14.9. The van der Waals surface area contributed by atoms with Crippen LogP contribution in [0.15, 0.2) is 12.1 Å². The lowest BCUT2D eigenvalue weighted by molar-refractivity contribution is 0.0519. The van der Waals surface area contributed by atoms with Crippen LogP contribution in [-0.2, 0) is 4.74 Å². The minimum Gasteiger partial charge on any atom is -0.461 e. The molecule has 0 unspecified atom stereocenters. The van der Waals surface area contributed by atoms with E-state index >= 15 is 0 Å². The van der Waals surface area contributed by atoms with Gasteiger partial charge in [-0.15, -0.1) is 11.3 Å². The minimum absolute atomic E-state index is 0.0518. The van der Waals surface area contributed by atoms with Gasteiger partial charge in [-0.05, 0) is 26.0 Å². The topological polar surface area (TPSA) is 39.2 Å². The van der Waals surface area contributed by atoms with Gasteiger partial charge in [0.25, 0.3) is 0 Å². The minimum atomic E-state index is -1.56. The second kappa shape index (κ2) is 5.62. The van der Waals surface area contributed by atoms with Crippen molar-refractivity contribution in [2.75, 3.05) is 6.61 Å². The van der Waals surface area contributed by atoms with Crippen LogP contribution in [0.4, 0.5) is 13.2 Å². The average Bonchev–Trinajstić information content (AvgIpc) is 2.78. The zero-order valence-corrected chi connectivity index (χ0v) is 11.5. The second-order valence-electron chi connectivity index (χ2n) is 3.87. The largest absolute Gasteiger partial charge is 0.461 e. The number of thiazole rings is 1. The first kappa shape index (κ1) is 14.5. The van der Waals surface area contributed by atoms with E-state index in [1.807, 2.05) is 0 Å². The maximum atomic E-state index is 13.7. The molecule has 20 heavy (non-hydrogen) atoms. The van der Waals surface area contributed by atoms with Crippen molar-refractivity contribution in [3.63, 3.8) is 0 Å². The lowest BCUT2D eigenvalue weighted by atomic mass is 10.2. The van der Waals surface area contributed by atoms with Crippen LogP contribution >= 0.6 is 11.3 Å². The summed E-state index contributed by atoms with van der Waals surface area (Å²) in [5, 5.41) is 0.0990. The van der Waals surface area contributed by atoms with E-state index in [2.05, 4.69) is 4.98 Å². The van der Waals surface area contributed by atoms with Crippen LogP contribution in [0.2, 0.25) is 0 Å². The lowest BCUT2D eigenvalue weighted by Crippen LogP contribution is -2.06. The molecule has 0 saturated heterocycles. The first-order valence-electron chi connectivity index (χ1n) is 5.74. The van der Waals surface area contributed by atoms with Crippen LogP contribution in [0.5, 0.6) is 0 Å². The number of ether oxygens (including phenoxy) is 1. The van der Waals surface area contributed by atoms with Crippen LogP contribution in [-0.4, -0.2) is 17.6 Å². The van der Waals surface area contributed by atoms with Gasteiger partial charge >= 0.3 is 5.97 Å². The van der Waals surface area contributed by atoms with Crippen LogP contribution in [0, 0.1) is 24.4 Å². The Morgan fingerprint density at radius 3 is 2.65 bits per heavy atom. The summed E-state index contributed by atoms with van der Waals surface area (Å²) in [7, 11) is 0. The third-order valence-corrected chi connectivity index (χ3v) is 3.54.